The number of aromatic nitrogens is 3. The van der Waals surface area contributed by atoms with Gasteiger partial charge in [0.15, 0.2) is 5.69 Å². The summed E-state index contributed by atoms with van der Waals surface area (Å²) >= 11 is 4.98. The van der Waals surface area contributed by atoms with Gasteiger partial charge in [-0.3, -0.25) is 9.69 Å². The molecule has 0 unspecified atom stereocenters. The first-order valence-corrected chi connectivity index (χ1v) is 10.8. The van der Waals surface area contributed by atoms with Crippen molar-refractivity contribution < 1.29 is 9.53 Å². The smallest absolute Gasteiger partial charge is 0.247 e. The van der Waals surface area contributed by atoms with Gasteiger partial charge >= 0.3 is 0 Å². The Morgan fingerprint density at radius 3 is 2.68 bits per heavy atom. The summed E-state index contributed by atoms with van der Waals surface area (Å²) in [6, 6.07) is 15.3. The van der Waals surface area contributed by atoms with E-state index in [-0.39, 0.29) is 5.91 Å². The topological polar surface area (TPSA) is 68.2 Å². The fraction of sp³-hybridized carbons (Fsp3) is 0.200. The molecular formula is C20H17BrN4O2S. The van der Waals surface area contributed by atoms with E-state index in [1.54, 1.807) is 4.90 Å². The number of hydrogen-bond donors (Lipinski definition) is 0. The molecule has 0 aliphatic carbocycles. The van der Waals surface area contributed by atoms with Gasteiger partial charge in [0.1, 0.15) is 0 Å². The molecule has 4 rings (SSSR count). The van der Waals surface area contributed by atoms with Crippen molar-refractivity contribution in [1.82, 2.24) is 15.2 Å². The van der Waals surface area contributed by atoms with Gasteiger partial charge in [0.2, 0.25) is 23.2 Å². The largest absolute Gasteiger partial charge is 0.447 e. The van der Waals surface area contributed by atoms with Crippen molar-refractivity contribution in [2.24, 2.45) is 0 Å². The molecule has 0 fully saturated rings. The summed E-state index contributed by atoms with van der Waals surface area (Å²) < 4.78 is 7.18. The number of benzene rings is 2. The van der Waals surface area contributed by atoms with Crippen molar-refractivity contribution in [3.63, 3.8) is 0 Å². The third-order valence-electron chi connectivity index (χ3n) is 4.44. The minimum Gasteiger partial charge on any atom is -0.447 e. The Balaban J connectivity index is 2.00. The van der Waals surface area contributed by atoms with Crippen LogP contribution in [0.15, 0.2) is 58.2 Å². The summed E-state index contributed by atoms with van der Waals surface area (Å²) in [5, 5.41) is 9.03. The SMILES string of the molecule is CCC(=O)N1c2ccccc2-c2nnc(SC)nc2O[C@H]1c1ccccc1Br. The Bertz CT molecular complexity index is 1050. The number of halogens is 1. The van der Waals surface area contributed by atoms with E-state index < -0.39 is 6.23 Å². The lowest BCUT2D eigenvalue weighted by atomic mass is 10.1. The van der Waals surface area contributed by atoms with Gasteiger partial charge in [-0.1, -0.05) is 71.0 Å². The molecule has 1 aliphatic rings. The lowest BCUT2D eigenvalue weighted by Crippen LogP contribution is -2.37. The van der Waals surface area contributed by atoms with E-state index in [0.29, 0.717) is 23.2 Å². The van der Waals surface area contributed by atoms with Crippen molar-refractivity contribution >= 4 is 39.3 Å². The van der Waals surface area contributed by atoms with Crippen LogP contribution in [0.1, 0.15) is 25.1 Å². The van der Waals surface area contributed by atoms with Crippen LogP contribution in [0.3, 0.4) is 0 Å². The zero-order valence-electron chi connectivity index (χ0n) is 15.3. The van der Waals surface area contributed by atoms with Crippen molar-refractivity contribution in [3.8, 4) is 17.1 Å². The predicted molar refractivity (Wildman–Crippen MR) is 112 cm³/mol. The van der Waals surface area contributed by atoms with Crippen LogP contribution < -0.4 is 9.64 Å². The Hall–Kier alpha value is -2.45. The standard InChI is InChI=1S/C20H17BrN4O2S/c1-3-16(26)25-15-11-7-5-9-13(15)17-18(22-20(28-2)24-23-17)27-19(25)12-8-4-6-10-14(12)21/h4-11,19H,3H2,1-2H3/t19-/m0/s1. The minimum absolute atomic E-state index is 0.0564. The highest BCUT2D eigenvalue weighted by atomic mass is 79.9. The van der Waals surface area contributed by atoms with Gasteiger partial charge in [0, 0.05) is 22.0 Å². The molecule has 1 aromatic heterocycles. The Morgan fingerprint density at radius 1 is 1.18 bits per heavy atom. The maximum atomic E-state index is 13.0. The number of nitrogens with zero attached hydrogens (tertiary/aromatic N) is 4. The molecule has 8 heteroatoms. The van der Waals surface area contributed by atoms with E-state index in [4.69, 9.17) is 4.74 Å². The predicted octanol–water partition coefficient (Wildman–Crippen LogP) is 4.86. The molecule has 1 amide bonds. The zero-order chi connectivity index (χ0) is 19.7. The Labute approximate surface area is 175 Å². The number of thioether (sulfide) groups is 1. The van der Waals surface area contributed by atoms with E-state index in [9.17, 15) is 4.79 Å². The van der Waals surface area contributed by atoms with Gasteiger partial charge in [0.25, 0.3) is 0 Å². The van der Waals surface area contributed by atoms with E-state index in [0.717, 1.165) is 21.3 Å². The van der Waals surface area contributed by atoms with Crippen molar-refractivity contribution in [1.29, 1.82) is 0 Å². The molecule has 28 heavy (non-hydrogen) atoms. The molecule has 142 valence electrons. The molecule has 1 atom stereocenters. The number of ether oxygens (including phenoxy) is 1. The zero-order valence-corrected chi connectivity index (χ0v) is 17.7. The fourth-order valence-corrected chi connectivity index (χ4v) is 3.89. The fourth-order valence-electron chi connectivity index (χ4n) is 3.12. The molecule has 0 bridgehead atoms. The van der Waals surface area contributed by atoms with Crippen LogP contribution >= 0.6 is 27.7 Å². The second-order valence-corrected chi connectivity index (χ2v) is 7.71. The lowest BCUT2D eigenvalue weighted by molar-refractivity contribution is -0.120. The summed E-state index contributed by atoms with van der Waals surface area (Å²) in [7, 11) is 0. The molecule has 0 spiro atoms. The second kappa shape index (κ2) is 7.89. The van der Waals surface area contributed by atoms with Crippen LogP contribution in [0.4, 0.5) is 5.69 Å². The van der Waals surface area contributed by atoms with Crippen molar-refractivity contribution in [2.75, 3.05) is 11.2 Å². The monoisotopic (exact) mass is 456 g/mol. The van der Waals surface area contributed by atoms with E-state index in [1.165, 1.54) is 11.8 Å². The van der Waals surface area contributed by atoms with Gasteiger partial charge in [-0.05, 0) is 18.4 Å². The van der Waals surface area contributed by atoms with Crippen LogP contribution in [-0.4, -0.2) is 27.3 Å². The molecule has 0 radical (unpaired) electrons. The van der Waals surface area contributed by atoms with Crippen LogP contribution in [0, 0.1) is 0 Å². The van der Waals surface area contributed by atoms with Gasteiger partial charge in [0.05, 0.1) is 5.69 Å². The van der Waals surface area contributed by atoms with E-state index in [2.05, 4.69) is 31.1 Å². The number of fused-ring (bicyclic) bond motifs is 3. The minimum atomic E-state index is -0.683. The molecule has 1 aliphatic heterocycles. The molecule has 0 saturated heterocycles. The highest BCUT2D eigenvalue weighted by Gasteiger charge is 2.36. The third-order valence-corrected chi connectivity index (χ3v) is 5.70. The third kappa shape index (κ3) is 3.27. The van der Waals surface area contributed by atoms with E-state index in [1.807, 2.05) is 61.7 Å². The van der Waals surface area contributed by atoms with Crippen LogP contribution in [0.25, 0.3) is 11.3 Å². The molecule has 6 nitrogen and oxygen atoms in total. The van der Waals surface area contributed by atoms with Crippen LogP contribution in [0.5, 0.6) is 5.88 Å². The average Bonchev–Trinajstić information content (AvgIpc) is 2.87. The molecule has 2 heterocycles. The summed E-state index contributed by atoms with van der Waals surface area (Å²) in [6.07, 6.45) is 1.54. The summed E-state index contributed by atoms with van der Waals surface area (Å²) in [4.78, 5) is 19.2. The van der Waals surface area contributed by atoms with Gasteiger partial charge in [-0.25, -0.2) is 0 Å². The maximum Gasteiger partial charge on any atom is 0.247 e. The van der Waals surface area contributed by atoms with E-state index >= 15 is 0 Å². The summed E-state index contributed by atoms with van der Waals surface area (Å²) in [5.41, 5.74) is 2.84. The number of amides is 1. The maximum absolute atomic E-state index is 13.0. The molecular weight excluding hydrogens is 440 g/mol. The first kappa shape index (κ1) is 18.9. The number of rotatable bonds is 3. The summed E-state index contributed by atoms with van der Waals surface area (Å²) in [6.45, 7) is 1.84. The van der Waals surface area contributed by atoms with Gasteiger partial charge < -0.3 is 4.74 Å². The van der Waals surface area contributed by atoms with Crippen LogP contribution in [0.2, 0.25) is 0 Å². The highest BCUT2D eigenvalue weighted by Crippen LogP contribution is 2.44. The first-order valence-electron chi connectivity index (χ1n) is 8.75. The van der Waals surface area contributed by atoms with Crippen molar-refractivity contribution in [3.05, 3.63) is 58.6 Å². The Kier molecular flexibility index (Phi) is 5.32. The normalized spacial score (nSPS) is 15.2. The molecule has 3 aromatic rings. The first-order chi connectivity index (χ1) is 13.6. The molecule has 0 saturated carbocycles. The average molecular weight is 457 g/mol. The second-order valence-electron chi connectivity index (χ2n) is 6.08. The molecule has 0 N–H and O–H groups in total. The van der Waals surface area contributed by atoms with Crippen LogP contribution in [-0.2, 0) is 4.79 Å². The number of anilines is 1. The molecule has 2 aromatic carbocycles. The van der Waals surface area contributed by atoms with Gasteiger partial charge in [-0.15, -0.1) is 10.2 Å². The summed E-state index contributed by atoms with van der Waals surface area (Å²) in [5.74, 6) is 0.304. The lowest BCUT2D eigenvalue weighted by Gasteiger charge is -2.31. The number of carbonyl (C=O) groups is 1. The number of hydrogen-bond acceptors (Lipinski definition) is 6. The van der Waals surface area contributed by atoms with Gasteiger partial charge in [-0.2, -0.15) is 4.98 Å². The quantitative estimate of drug-likeness (QED) is 0.524. The number of carbonyl (C=O) groups excluding carboxylic acids is 1. The van der Waals surface area contributed by atoms with Crippen molar-refractivity contribution in [2.45, 2.75) is 24.7 Å². The Morgan fingerprint density at radius 2 is 1.93 bits per heavy atom. The number of para-hydroxylation sites is 1. The highest BCUT2D eigenvalue weighted by molar-refractivity contribution is 9.10.